The highest BCUT2D eigenvalue weighted by Crippen LogP contribution is 2.41. The van der Waals surface area contributed by atoms with Gasteiger partial charge in [0.05, 0.1) is 12.6 Å². The number of piperazine rings is 1. The predicted molar refractivity (Wildman–Crippen MR) is 107 cm³/mol. The molecule has 0 N–H and O–H groups in total. The second kappa shape index (κ2) is 7.43. The topological polar surface area (TPSA) is 62.7 Å². The van der Waals surface area contributed by atoms with E-state index < -0.39 is 0 Å². The number of ether oxygens (including phenoxy) is 1. The highest BCUT2D eigenvalue weighted by atomic mass is 35.5. The number of hydrogen-bond acceptors (Lipinski definition) is 4. The monoisotopic (exact) mass is 399 g/mol. The second-order valence-electron chi connectivity index (χ2n) is 7.39. The summed E-state index contributed by atoms with van der Waals surface area (Å²) in [5, 5.41) is 0.268. The summed E-state index contributed by atoms with van der Waals surface area (Å²) in [6, 6.07) is 10.7. The van der Waals surface area contributed by atoms with E-state index >= 15 is 0 Å². The average molecular weight is 400 g/mol. The van der Waals surface area contributed by atoms with Crippen LogP contribution in [0.3, 0.4) is 0 Å². The van der Waals surface area contributed by atoms with E-state index in [9.17, 15) is 9.59 Å². The van der Waals surface area contributed by atoms with E-state index in [1.54, 1.807) is 24.1 Å². The van der Waals surface area contributed by atoms with E-state index in [2.05, 4.69) is 4.98 Å². The molecule has 6 nitrogen and oxygen atoms in total. The van der Waals surface area contributed by atoms with Gasteiger partial charge in [0.1, 0.15) is 17.4 Å². The quantitative estimate of drug-likeness (QED) is 0.740. The lowest BCUT2D eigenvalue weighted by molar-refractivity contribution is -0.123. The van der Waals surface area contributed by atoms with Gasteiger partial charge in [-0.1, -0.05) is 24.4 Å². The maximum absolute atomic E-state index is 13.2. The third-order valence-corrected chi connectivity index (χ3v) is 5.87. The Bertz CT molecular complexity index is 894. The van der Waals surface area contributed by atoms with Gasteiger partial charge in [0.25, 0.3) is 5.91 Å². The maximum Gasteiger partial charge on any atom is 0.254 e. The van der Waals surface area contributed by atoms with Gasteiger partial charge < -0.3 is 14.5 Å². The normalized spacial score (nSPS) is 18.6. The molecule has 2 amide bonds. The molecule has 0 atom stereocenters. The number of methoxy groups -OCH3 is 1. The summed E-state index contributed by atoms with van der Waals surface area (Å²) in [5.41, 5.74) is 0.946. The van der Waals surface area contributed by atoms with Crippen molar-refractivity contribution >= 4 is 29.1 Å². The third-order valence-electron chi connectivity index (χ3n) is 5.66. The van der Waals surface area contributed by atoms with Crippen molar-refractivity contribution in [3.63, 3.8) is 0 Å². The van der Waals surface area contributed by atoms with Crippen LogP contribution in [0.15, 0.2) is 42.6 Å². The fraction of sp³-hybridized carbons (Fsp3) is 0.381. The van der Waals surface area contributed by atoms with Gasteiger partial charge in [-0.15, -0.1) is 0 Å². The molecule has 2 aromatic rings. The molecule has 4 rings (SSSR count). The molecule has 1 saturated carbocycles. The Morgan fingerprint density at radius 3 is 2.54 bits per heavy atom. The maximum atomic E-state index is 13.2. The van der Waals surface area contributed by atoms with Crippen LogP contribution in [0.2, 0.25) is 5.15 Å². The minimum absolute atomic E-state index is 0.0482. The lowest BCUT2D eigenvalue weighted by atomic mass is 9.90. The van der Waals surface area contributed by atoms with E-state index in [0.29, 0.717) is 12.1 Å². The first-order chi connectivity index (χ1) is 13.5. The average Bonchev–Trinajstić information content (AvgIpc) is 3.15. The van der Waals surface area contributed by atoms with Crippen LogP contribution in [-0.2, 0) is 4.79 Å². The lowest BCUT2D eigenvalue weighted by Crippen LogP contribution is -2.65. The number of nitrogens with zero attached hydrogens (tertiary/aromatic N) is 3. The molecule has 28 heavy (non-hydrogen) atoms. The summed E-state index contributed by atoms with van der Waals surface area (Å²) >= 11 is 5.94. The van der Waals surface area contributed by atoms with Crippen molar-refractivity contribution in [2.45, 2.75) is 31.2 Å². The second-order valence-corrected chi connectivity index (χ2v) is 7.77. The lowest BCUT2D eigenvalue weighted by Gasteiger charge is -2.48. The van der Waals surface area contributed by atoms with E-state index in [4.69, 9.17) is 16.3 Å². The van der Waals surface area contributed by atoms with E-state index in [-0.39, 0.29) is 29.1 Å². The predicted octanol–water partition coefficient (Wildman–Crippen LogP) is 3.55. The summed E-state index contributed by atoms with van der Waals surface area (Å²) in [6.45, 7) is 0.566. The van der Waals surface area contributed by atoms with Crippen molar-refractivity contribution in [1.82, 2.24) is 9.88 Å². The molecule has 1 aliphatic heterocycles. The number of hydrogen-bond donors (Lipinski definition) is 0. The number of carbonyl (C=O) groups is 2. The zero-order valence-electron chi connectivity index (χ0n) is 15.7. The van der Waals surface area contributed by atoms with Crippen molar-refractivity contribution in [2.24, 2.45) is 0 Å². The Kier molecular flexibility index (Phi) is 4.98. The first-order valence-electron chi connectivity index (χ1n) is 9.40. The molecule has 2 heterocycles. The van der Waals surface area contributed by atoms with Gasteiger partial charge in [0.15, 0.2) is 0 Å². The van der Waals surface area contributed by atoms with Crippen molar-refractivity contribution in [2.75, 3.05) is 25.1 Å². The molecule has 1 aliphatic carbocycles. The van der Waals surface area contributed by atoms with Gasteiger partial charge >= 0.3 is 0 Å². The van der Waals surface area contributed by atoms with Gasteiger partial charge in [0, 0.05) is 24.0 Å². The van der Waals surface area contributed by atoms with Gasteiger partial charge in [0.2, 0.25) is 5.91 Å². The molecule has 1 saturated heterocycles. The minimum Gasteiger partial charge on any atom is -0.497 e. The van der Waals surface area contributed by atoms with Crippen LogP contribution in [0.5, 0.6) is 5.75 Å². The van der Waals surface area contributed by atoms with E-state index in [1.165, 1.54) is 6.20 Å². The van der Waals surface area contributed by atoms with E-state index in [1.807, 2.05) is 29.2 Å². The Balaban J connectivity index is 1.65. The van der Waals surface area contributed by atoms with Crippen molar-refractivity contribution in [3.8, 4) is 5.75 Å². The first-order valence-corrected chi connectivity index (χ1v) is 9.78. The Hall–Kier alpha value is -2.60. The zero-order chi connectivity index (χ0) is 19.7. The smallest absolute Gasteiger partial charge is 0.254 e. The summed E-state index contributed by atoms with van der Waals surface area (Å²) in [7, 11) is 1.62. The van der Waals surface area contributed by atoms with Gasteiger partial charge in [-0.25, -0.2) is 4.98 Å². The Morgan fingerprint density at radius 1 is 1.18 bits per heavy atom. The zero-order valence-corrected chi connectivity index (χ0v) is 16.5. The number of amides is 2. The number of anilines is 1. The molecule has 0 unspecified atom stereocenters. The summed E-state index contributed by atoms with van der Waals surface area (Å²) in [6.07, 6.45) is 5.36. The Morgan fingerprint density at radius 2 is 1.89 bits per heavy atom. The van der Waals surface area contributed by atoms with Crippen LogP contribution in [0.4, 0.5) is 5.69 Å². The third kappa shape index (κ3) is 3.33. The summed E-state index contributed by atoms with van der Waals surface area (Å²) in [4.78, 5) is 33.7. The fourth-order valence-electron chi connectivity index (χ4n) is 4.41. The first kappa shape index (κ1) is 18.7. The molecule has 0 radical (unpaired) electrons. The highest BCUT2D eigenvalue weighted by molar-refractivity contribution is 6.29. The van der Waals surface area contributed by atoms with Crippen LogP contribution < -0.4 is 9.64 Å². The molecule has 2 aliphatic rings. The fourth-order valence-corrected chi connectivity index (χ4v) is 4.58. The molecule has 0 bridgehead atoms. The van der Waals surface area contributed by atoms with Gasteiger partial charge in [-0.2, -0.15) is 0 Å². The largest absolute Gasteiger partial charge is 0.497 e. The molecule has 1 aromatic heterocycles. The number of halogens is 1. The minimum atomic E-state index is -0.365. The van der Waals surface area contributed by atoms with Crippen LogP contribution in [0.1, 0.15) is 36.0 Å². The standard InChI is InChI=1S/C21H22ClN3O3/c1-28-17-6-4-16(5-7-17)25-19(26)13-24(14-21(25)9-2-3-10-21)20(27)15-8-11-23-18(22)12-15/h4-8,11-12H,2-3,9-10,13-14H2,1H3. The SMILES string of the molecule is COc1ccc(N2C(=O)CN(C(=O)c3ccnc(Cl)c3)CC23CCCC3)cc1. The molecular formula is C21H22ClN3O3. The van der Waals surface area contributed by atoms with Crippen molar-refractivity contribution in [1.29, 1.82) is 0 Å². The highest BCUT2D eigenvalue weighted by Gasteiger charge is 2.48. The van der Waals surface area contributed by atoms with Gasteiger partial charge in [-0.05, 0) is 49.2 Å². The van der Waals surface area contributed by atoms with E-state index in [0.717, 1.165) is 37.1 Å². The number of benzene rings is 1. The van der Waals surface area contributed by atoms with Crippen LogP contribution in [-0.4, -0.2) is 47.4 Å². The number of pyridine rings is 1. The number of carbonyl (C=O) groups excluding carboxylic acids is 2. The van der Waals surface area contributed by atoms with Crippen LogP contribution >= 0.6 is 11.6 Å². The van der Waals surface area contributed by atoms with Gasteiger partial charge in [-0.3, -0.25) is 9.59 Å². The summed E-state index contributed by atoms with van der Waals surface area (Å²) < 4.78 is 5.24. The summed E-state index contributed by atoms with van der Waals surface area (Å²) in [5.74, 6) is 0.505. The molecule has 7 heteroatoms. The molecule has 1 spiro atoms. The molecule has 2 fully saturated rings. The van der Waals surface area contributed by atoms with Crippen LogP contribution in [0.25, 0.3) is 0 Å². The number of rotatable bonds is 3. The molecule has 1 aromatic carbocycles. The Labute approximate surface area is 169 Å². The molecule has 146 valence electrons. The van der Waals surface area contributed by atoms with Crippen molar-refractivity contribution < 1.29 is 14.3 Å². The number of aromatic nitrogens is 1. The van der Waals surface area contributed by atoms with Crippen molar-refractivity contribution in [3.05, 3.63) is 53.3 Å². The van der Waals surface area contributed by atoms with Crippen LogP contribution in [0, 0.1) is 0 Å². The molecular weight excluding hydrogens is 378 g/mol.